The lowest BCUT2D eigenvalue weighted by Gasteiger charge is -2.25. The van der Waals surface area contributed by atoms with Crippen LogP contribution in [0.2, 0.25) is 0 Å². The van der Waals surface area contributed by atoms with Gasteiger partial charge in [0.15, 0.2) is 0 Å². The molecule has 1 fully saturated rings. The van der Waals surface area contributed by atoms with Crippen LogP contribution in [-0.2, 0) is 9.53 Å². The molecule has 1 amide bonds. The first-order valence-corrected chi connectivity index (χ1v) is 6.12. The van der Waals surface area contributed by atoms with Gasteiger partial charge in [0.05, 0.1) is 0 Å². The Hall–Kier alpha value is -1.30. The molecule has 0 radical (unpaired) electrons. The normalized spacial score (nSPS) is 21.8. The third kappa shape index (κ3) is 3.87. The van der Waals surface area contributed by atoms with Gasteiger partial charge in [-0.1, -0.05) is 0 Å². The molecule has 0 aliphatic carbocycles. The van der Waals surface area contributed by atoms with Gasteiger partial charge in [-0.05, 0) is 34.2 Å². The second-order valence-electron chi connectivity index (χ2n) is 5.58. The molecule has 1 rings (SSSR count). The highest BCUT2D eigenvalue weighted by atomic mass is 16.6. The third-order valence-corrected chi connectivity index (χ3v) is 2.92. The molecule has 1 aliphatic rings. The molecule has 2 N–H and O–H groups in total. The summed E-state index contributed by atoms with van der Waals surface area (Å²) < 4.78 is 5.26. The lowest BCUT2D eigenvalue weighted by atomic mass is 9.99. The van der Waals surface area contributed by atoms with Crippen molar-refractivity contribution in [2.24, 2.45) is 5.92 Å². The Kier molecular flexibility index (Phi) is 4.56. The molecule has 0 aromatic carbocycles. The number of ether oxygens (including phenoxy) is 1. The molecule has 0 aromatic rings. The summed E-state index contributed by atoms with van der Waals surface area (Å²) in [5, 5.41) is 11.8. The van der Waals surface area contributed by atoms with E-state index in [1.165, 1.54) is 0 Å². The maximum atomic E-state index is 11.8. The number of nitrogens with zero attached hydrogens (tertiary/aromatic N) is 1. The molecule has 1 aliphatic heterocycles. The van der Waals surface area contributed by atoms with Crippen molar-refractivity contribution in [1.29, 1.82) is 0 Å². The Balaban J connectivity index is 2.55. The minimum atomic E-state index is -0.881. The summed E-state index contributed by atoms with van der Waals surface area (Å²) in [6.45, 7) is 6.40. The van der Waals surface area contributed by atoms with E-state index in [-0.39, 0.29) is 12.0 Å². The zero-order chi connectivity index (χ0) is 13.9. The van der Waals surface area contributed by atoms with E-state index in [0.29, 0.717) is 19.5 Å². The van der Waals surface area contributed by atoms with Gasteiger partial charge >= 0.3 is 12.1 Å². The highest BCUT2D eigenvalue weighted by Gasteiger charge is 2.36. The topological polar surface area (TPSA) is 78.9 Å². The molecule has 2 atom stereocenters. The minimum absolute atomic E-state index is 0.0694. The van der Waals surface area contributed by atoms with Gasteiger partial charge in [0.1, 0.15) is 11.6 Å². The van der Waals surface area contributed by atoms with E-state index >= 15 is 0 Å². The van der Waals surface area contributed by atoms with Crippen molar-refractivity contribution in [3.8, 4) is 0 Å². The van der Waals surface area contributed by atoms with Crippen LogP contribution < -0.4 is 5.32 Å². The van der Waals surface area contributed by atoms with Gasteiger partial charge in [-0.25, -0.2) is 4.79 Å². The van der Waals surface area contributed by atoms with E-state index in [0.717, 1.165) is 0 Å². The molecular weight excluding hydrogens is 236 g/mol. The Morgan fingerprint density at radius 1 is 1.44 bits per heavy atom. The quantitative estimate of drug-likeness (QED) is 0.787. The number of hydrogen-bond acceptors (Lipinski definition) is 4. The maximum absolute atomic E-state index is 11.8. The molecule has 0 saturated carbocycles. The number of amides is 1. The third-order valence-electron chi connectivity index (χ3n) is 2.92. The van der Waals surface area contributed by atoms with Crippen LogP contribution in [0.5, 0.6) is 0 Å². The average molecular weight is 258 g/mol. The number of carboxylic acids is 1. The summed E-state index contributed by atoms with van der Waals surface area (Å²) >= 11 is 0. The van der Waals surface area contributed by atoms with Crippen LogP contribution in [0.3, 0.4) is 0 Å². The molecule has 2 unspecified atom stereocenters. The smallest absolute Gasteiger partial charge is 0.410 e. The van der Waals surface area contributed by atoms with Crippen molar-refractivity contribution in [3.05, 3.63) is 0 Å². The SMILES string of the molecule is CNC(C(=O)O)C1CCN(C(=O)OC(C)(C)C)C1. The Bertz CT molecular complexity index is 325. The number of nitrogens with one attached hydrogen (secondary N) is 1. The summed E-state index contributed by atoms with van der Waals surface area (Å²) in [4.78, 5) is 24.4. The summed E-state index contributed by atoms with van der Waals surface area (Å²) in [5.41, 5.74) is -0.523. The largest absolute Gasteiger partial charge is 0.480 e. The first-order valence-electron chi connectivity index (χ1n) is 6.12. The number of likely N-dealkylation sites (N-methyl/N-ethyl adjacent to an activating group) is 1. The summed E-state index contributed by atoms with van der Waals surface area (Å²) in [6, 6.07) is -0.613. The van der Waals surface area contributed by atoms with Crippen molar-refractivity contribution >= 4 is 12.1 Å². The summed E-state index contributed by atoms with van der Waals surface area (Å²) in [7, 11) is 1.62. The van der Waals surface area contributed by atoms with Crippen molar-refractivity contribution in [1.82, 2.24) is 10.2 Å². The van der Waals surface area contributed by atoms with Crippen LogP contribution in [0.25, 0.3) is 0 Å². The van der Waals surface area contributed by atoms with Crippen molar-refractivity contribution in [2.75, 3.05) is 20.1 Å². The molecule has 0 aromatic heterocycles. The first-order chi connectivity index (χ1) is 8.24. The lowest BCUT2D eigenvalue weighted by molar-refractivity contribution is -0.140. The van der Waals surface area contributed by atoms with Crippen molar-refractivity contribution in [3.63, 3.8) is 0 Å². The number of likely N-dealkylation sites (tertiary alicyclic amines) is 1. The van der Waals surface area contributed by atoms with E-state index < -0.39 is 17.6 Å². The number of aliphatic carboxylic acids is 1. The second-order valence-corrected chi connectivity index (χ2v) is 5.58. The Morgan fingerprint density at radius 3 is 2.50 bits per heavy atom. The maximum Gasteiger partial charge on any atom is 0.410 e. The summed E-state index contributed by atoms with van der Waals surface area (Å²) in [6.07, 6.45) is 0.307. The fourth-order valence-electron chi connectivity index (χ4n) is 2.11. The van der Waals surface area contributed by atoms with Crippen LogP contribution in [0.1, 0.15) is 27.2 Å². The van der Waals surface area contributed by atoms with Crippen molar-refractivity contribution in [2.45, 2.75) is 38.8 Å². The van der Waals surface area contributed by atoms with E-state index in [4.69, 9.17) is 9.84 Å². The fraction of sp³-hybridized carbons (Fsp3) is 0.833. The highest BCUT2D eigenvalue weighted by Crippen LogP contribution is 2.22. The molecule has 6 heteroatoms. The Labute approximate surface area is 107 Å². The van der Waals surface area contributed by atoms with Gasteiger partial charge in [0, 0.05) is 19.0 Å². The van der Waals surface area contributed by atoms with E-state index in [2.05, 4.69) is 5.32 Å². The standard InChI is InChI=1S/C12H22N2O4/c1-12(2,3)18-11(17)14-6-5-8(7-14)9(13-4)10(15)16/h8-9,13H,5-7H2,1-4H3,(H,15,16). The monoisotopic (exact) mass is 258 g/mol. The summed E-state index contributed by atoms with van der Waals surface area (Å²) in [5.74, 6) is -0.950. The van der Waals surface area contributed by atoms with Crippen LogP contribution in [0.4, 0.5) is 4.79 Å². The number of hydrogen-bond donors (Lipinski definition) is 2. The first kappa shape index (κ1) is 14.8. The van der Waals surface area contributed by atoms with Gasteiger partial charge in [0.2, 0.25) is 0 Å². The molecule has 6 nitrogen and oxygen atoms in total. The fourth-order valence-corrected chi connectivity index (χ4v) is 2.11. The van der Waals surface area contributed by atoms with Gasteiger partial charge < -0.3 is 20.1 Å². The number of carbonyl (C=O) groups is 2. The van der Waals surface area contributed by atoms with Gasteiger partial charge in [0.25, 0.3) is 0 Å². The molecule has 0 bridgehead atoms. The zero-order valence-electron chi connectivity index (χ0n) is 11.4. The lowest BCUT2D eigenvalue weighted by Crippen LogP contribution is -2.43. The predicted octanol–water partition coefficient (Wildman–Crippen LogP) is 0.916. The average Bonchev–Trinajstić information content (AvgIpc) is 2.64. The molecular formula is C12H22N2O4. The van der Waals surface area contributed by atoms with Gasteiger partial charge in [-0.15, -0.1) is 0 Å². The van der Waals surface area contributed by atoms with E-state index in [1.54, 1.807) is 11.9 Å². The molecule has 0 spiro atoms. The molecule has 1 heterocycles. The number of carbonyl (C=O) groups excluding carboxylic acids is 1. The van der Waals surface area contributed by atoms with Crippen LogP contribution >= 0.6 is 0 Å². The van der Waals surface area contributed by atoms with Crippen LogP contribution in [-0.4, -0.2) is 53.8 Å². The molecule has 1 saturated heterocycles. The Morgan fingerprint density at radius 2 is 2.06 bits per heavy atom. The van der Waals surface area contributed by atoms with Gasteiger partial charge in [-0.2, -0.15) is 0 Å². The molecule has 18 heavy (non-hydrogen) atoms. The van der Waals surface area contributed by atoms with E-state index in [1.807, 2.05) is 20.8 Å². The van der Waals surface area contributed by atoms with Crippen LogP contribution in [0.15, 0.2) is 0 Å². The zero-order valence-corrected chi connectivity index (χ0v) is 11.4. The van der Waals surface area contributed by atoms with Gasteiger partial charge in [-0.3, -0.25) is 4.79 Å². The highest BCUT2D eigenvalue weighted by molar-refractivity contribution is 5.74. The van der Waals surface area contributed by atoms with E-state index in [9.17, 15) is 9.59 Å². The number of rotatable bonds is 3. The number of carboxylic acid groups (broad SMARTS) is 1. The molecule has 104 valence electrons. The predicted molar refractivity (Wildman–Crippen MR) is 66.4 cm³/mol. The minimum Gasteiger partial charge on any atom is -0.480 e. The second kappa shape index (κ2) is 5.56. The van der Waals surface area contributed by atoms with Crippen LogP contribution in [0, 0.1) is 5.92 Å². The van der Waals surface area contributed by atoms with Crippen molar-refractivity contribution < 1.29 is 19.4 Å².